The number of hydrogen-bond donors (Lipinski definition) is 1. The van der Waals surface area contributed by atoms with Gasteiger partial charge in [0.25, 0.3) is 0 Å². The van der Waals surface area contributed by atoms with Gasteiger partial charge in [-0.2, -0.15) is 5.10 Å². The second-order valence-corrected chi connectivity index (χ2v) is 8.22. The first-order valence-electron chi connectivity index (χ1n) is 9.04. The fourth-order valence-electron chi connectivity index (χ4n) is 3.09. The Morgan fingerprint density at radius 3 is 2.60 bits per heavy atom. The molecule has 3 aromatic carbocycles. The van der Waals surface area contributed by atoms with Gasteiger partial charge in [-0.15, -0.1) is 0 Å². The van der Waals surface area contributed by atoms with Crippen LogP contribution in [-0.2, 0) is 11.2 Å². The number of rotatable bonds is 5. The van der Waals surface area contributed by atoms with Crippen molar-refractivity contribution in [3.63, 3.8) is 0 Å². The molecule has 1 aromatic heterocycles. The zero-order valence-electron chi connectivity index (χ0n) is 15.5. The van der Waals surface area contributed by atoms with E-state index in [4.69, 9.17) is 27.6 Å². The molecule has 1 amide bonds. The van der Waals surface area contributed by atoms with E-state index in [9.17, 15) is 4.79 Å². The lowest BCUT2D eigenvalue weighted by atomic mass is 10.0. The number of fused-ring (bicyclic) bond motifs is 1. The number of nitrogens with zero attached hydrogens (tertiary/aromatic N) is 1. The van der Waals surface area contributed by atoms with Gasteiger partial charge in [0, 0.05) is 10.0 Å². The van der Waals surface area contributed by atoms with E-state index in [1.54, 1.807) is 24.3 Å². The molecule has 0 saturated heterocycles. The Morgan fingerprint density at radius 2 is 1.80 bits per heavy atom. The largest absolute Gasteiger partial charge is 0.455 e. The van der Waals surface area contributed by atoms with Gasteiger partial charge in [-0.3, -0.25) is 4.79 Å². The molecular weight excluding hydrogens is 487 g/mol. The molecule has 4 aromatic rings. The van der Waals surface area contributed by atoms with Crippen LogP contribution in [-0.4, -0.2) is 12.1 Å². The number of furan rings is 1. The van der Waals surface area contributed by atoms with E-state index in [1.165, 1.54) is 6.21 Å². The number of nitrogens with one attached hydrogen (secondary N) is 1. The molecule has 30 heavy (non-hydrogen) atoms. The van der Waals surface area contributed by atoms with Crippen molar-refractivity contribution >= 4 is 62.0 Å². The van der Waals surface area contributed by atoms with Crippen LogP contribution < -0.4 is 5.43 Å². The third-order valence-corrected chi connectivity index (χ3v) is 5.95. The molecule has 0 aliphatic heterocycles. The lowest BCUT2D eigenvalue weighted by Gasteiger charge is -2.07. The summed E-state index contributed by atoms with van der Waals surface area (Å²) in [6, 6.07) is 20.6. The Bertz CT molecular complexity index is 1270. The predicted molar refractivity (Wildman–Crippen MR) is 125 cm³/mol. The van der Waals surface area contributed by atoms with E-state index in [-0.39, 0.29) is 12.3 Å². The molecular formula is C23H15BrCl2N2O2. The number of carbonyl (C=O) groups excluding carboxylic acids is 1. The summed E-state index contributed by atoms with van der Waals surface area (Å²) in [5.74, 6) is 0.920. The quantitative estimate of drug-likeness (QED) is 0.240. The second kappa shape index (κ2) is 9.04. The van der Waals surface area contributed by atoms with E-state index in [0.717, 1.165) is 26.4 Å². The van der Waals surface area contributed by atoms with Gasteiger partial charge >= 0.3 is 0 Å². The molecule has 0 atom stereocenters. The smallest absolute Gasteiger partial charge is 0.244 e. The summed E-state index contributed by atoms with van der Waals surface area (Å²) in [7, 11) is 0. The molecule has 0 fully saturated rings. The molecule has 4 nitrogen and oxygen atoms in total. The summed E-state index contributed by atoms with van der Waals surface area (Å²) < 4.78 is 6.72. The van der Waals surface area contributed by atoms with Crippen molar-refractivity contribution in [2.75, 3.05) is 0 Å². The SMILES string of the molecule is O=C(Cc1ccc(Br)c2ccccc12)N/N=C/c1ccc(-c2ccc(Cl)c(Cl)c2)o1. The number of halogens is 3. The van der Waals surface area contributed by atoms with Gasteiger partial charge in [-0.05, 0) is 52.7 Å². The van der Waals surface area contributed by atoms with Gasteiger partial charge in [0.2, 0.25) is 5.91 Å². The minimum Gasteiger partial charge on any atom is -0.455 e. The third kappa shape index (κ3) is 4.59. The van der Waals surface area contributed by atoms with Gasteiger partial charge < -0.3 is 4.42 Å². The van der Waals surface area contributed by atoms with E-state index >= 15 is 0 Å². The van der Waals surface area contributed by atoms with Crippen molar-refractivity contribution in [3.05, 3.63) is 92.6 Å². The Hall–Kier alpha value is -2.60. The Labute approximate surface area is 191 Å². The first-order valence-corrected chi connectivity index (χ1v) is 10.6. The van der Waals surface area contributed by atoms with E-state index in [2.05, 4.69) is 26.5 Å². The lowest BCUT2D eigenvalue weighted by Crippen LogP contribution is -2.19. The minimum absolute atomic E-state index is 0.213. The molecule has 1 heterocycles. The molecule has 7 heteroatoms. The molecule has 0 aliphatic carbocycles. The molecule has 0 spiro atoms. The van der Waals surface area contributed by atoms with Crippen molar-refractivity contribution in [1.29, 1.82) is 0 Å². The zero-order chi connectivity index (χ0) is 21.1. The Morgan fingerprint density at radius 1 is 1.00 bits per heavy atom. The van der Waals surface area contributed by atoms with Crippen molar-refractivity contribution in [2.45, 2.75) is 6.42 Å². The molecule has 1 N–H and O–H groups in total. The van der Waals surface area contributed by atoms with Crippen LogP contribution in [0.5, 0.6) is 0 Å². The number of amides is 1. The normalized spacial score (nSPS) is 11.3. The van der Waals surface area contributed by atoms with Gasteiger partial charge in [-0.25, -0.2) is 5.43 Å². The molecule has 4 rings (SSSR count). The topological polar surface area (TPSA) is 54.6 Å². The predicted octanol–water partition coefficient (Wildman–Crippen LogP) is 6.86. The molecule has 0 aliphatic rings. The maximum absolute atomic E-state index is 12.3. The van der Waals surface area contributed by atoms with Crippen molar-refractivity contribution < 1.29 is 9.21 Å². The minimum atomic E-state index is -0.213. The molecule has 0 bridgehead atoms. The van der Waals surface area contributed by atoms with Crippen LogP contribution in [0.1, 0.15) is 11.3 Å². The third-order valence-electron chi connectivity index (χ3n) is 4.52. The van der Waals surface area contributed by atoms with Crippen LogP contribution in [0.25, 0.3) is 22.1 Å². The lowest BCUT2D eigenvalue weighted by molar-refractivity contribution is -0.120. The van der Waals surface area contributed by atoms with Gasteiger partial charge in [-0.1, -0.05) is 69.5 Å². The second-order valence-electron chi connectivity index (χ2n) is 6.55. The van der Waals surface area contributed by atoms with Crippen LogP contribution in [0.15, 0.2) is 80.7 Å². The monoisotopic (exact) mass is 500 g/mol. The molecule has 150 valence electrons. The molecule has 0 unspecified atom stereocenters. The molecule has 0 radical (unpaired) electrons. The average Bonchev–Trinajstić information content (AvgIpc) is 3.21. The average molecular weight is 502 g/mol. The standard InChI is InChI=1S/C23H15BrCl2N2O2/c24-19-8-5-14(17-3-1-2-4-18(17)19)12-23(29)28-27-13-16-7-10-22(30-16)15-6-9-20(25)21(26)11-15/h1-11,13H,12H2,(H,28,29)/b27-13+. The summed E-state index contributed by atoms with van der Waals surface area (Å²) in [6.45, 7) is 0. The van der Waals surface area contributed by atoms with Crippen molar-refractivity contribution in [1.82, 2.24) is 5.43 Å². The highest BCUT2D eigenvalue weighted by atomic mass is 79.9. The van der Waals surface area contributed by atoms with Crippen molar-refractivity contribution in [3.8, 4) is 11.3 Å². The summed E-state index contributed by atoms with van der Waals surface area (Å²) in [6.07, 6.45) is 1.68. The highest BCUT2D eigenvalue weighted by Crippen LogP contribution is 2.29. The Kier molecular flexibility index (Phi) is 6.23. The van der Waals surface area contributed by atoms with Crippen LogP contribution >= 0.6 is 39.1 Å². The highest BCUT2D eigenvalue weighted by molar-refractivity contribution is 9.10. The first kappa shape index (κ1) is 20.7. The fraction of sp³-hybridized carbons (Fsp3) is 0.0435. The van der Waals surface area contributed by atoms with E-state index in [1.807, 2.05) is 42.5 Å². The summed E-state index contributed by atoms with van der Waals surface area (Å²) in [4.78, 5) is 12.3. The Balaban J connectivity index is 1.42. The van der Waals surface area contributed by atoms with Crippen molar-refractivity contribution in [2.24, 2.45) is 5.10 Å². The van der Waals surface area contributed by atoms with Crippen LogP contribution in [0.2, 0.25) is 10.0 Å². The number of benzene rings is 3. The van der Waals surface area contributed by atoms with Gasteiger partial charge in [0.1, 0.15) is 11.5 Å². The van der Waals surface area contributed by atoms with Gasteiger partial charge in [0.05, 0.1) is 22.7 Å². The number of carbonyl (C=O) groups is 1. The summed E-state index contributed by atoms with van der Waals surface area (Å²) in [5, 5.41) is 7.03. The van der Waals surface area contributed by atoms with Gasteiger partial charge in [0.15, 0.2) is 0 Å². The maximum atomic E-state index is 12.3. The first-order chi connectivity index (χ1) is 14.5. The van der Waals surface area contributed by atoms with Crippen LogP contribution in [0.3, 0.4) is 0 Å². The summed E-state index contributed by atoms with van der Waals surface area (Å²) >= 11 is 15.5. The highest BCUT2D eigenvalue weighted by Gasteiger charge is 2.09. The van der Waals surface area contributed by atoms with Crippen LogP contribution in [0, 0.1) is 0 Å². The molecule has 0 saturated carbocycles. The van der Waals surface area contributed by atoms with Crippen LogP contribution in [0.4, 0.5) is 0 Å². The number of hydrogen-bond acceptors (Lipinski definition) is 3. The fourth-order valence-corrected chi connectivity index (χ4v) is 3.86. The van der Waals surface area contributed by atoms with E-state index in [0.29, 0.717) is 21.6 Å². The van der Waals surface area contributed by atoms with E-state index < -0.39 is 0 Å². The summed E-state index contributed by atoms with van der Waals surface area (Å²) in [5.41, 5.74) is 4.28. The number of hydrazone groups is 1. The maximum Gasteiger partial charge on any atom is 0.244 e. The zero-order valence-corrected chi connectivity index (χ0v) is 18.6.